The van der Waals surface area contributed by atoms with Crippen LogP contribution in [0.1, 0.15) is 31.4 Å². The normalized spacial score (nSPS) is 19.0. The number of piperidine rings is 1. The first-order chi connectivity index (χ1) is 15.4. The molecule has 3 rings (SSSR count). The van der Waals surface area contributed by atoms with Crippen LogP contribution in [0.15, 0.2) is 48.5 Å². The number of amides is 1. The van der Waals surface area contributed by atoms with E-state index in [0.29, 0.717) is 38.5 Å². The number of likely N-dealkylation sites (tertiary alicyclic amines) is 1. The van der Waals surface area contributed by atoms with E-state index in [4.69, 9.17) is 9.47 Å². The third-order valence-electron chi connectivity index (χ3n) is 5.38. The summed E-state index contributed by atoms with van der Waals surface area (Å²) in [5.74, 6) is 1.000. The summed E-state index contributed by atoms with van der Waals surface area (Å²) in [6.07, 6.45) is -0.709. The molecular weight excluding hydrogens is 414 g/mol. The molecule has 2 atom stereocenters. The van der Waals surface area contributed by atoms with Gasteiger partial charge < -0.3 is 14.8 Å². The zero-order valence-electron chi connectivity index (χ0n) is 18.7. The van der Waals surface area contributed by atoms with Gasteiger partial charge in [0.05, 0.1) is 19.3 Å². The van der Waals surface area contributed by atoms with Gasteiger partial charge in [-0.25, -0.2) is 13.6 Å². The first-order valence-electron chi connectivity index (χ1n) is 11.1. The lowest BCUT2D eigenvalue weighted by Gasteiger charge is -2.34. The fourth-order valence-electron chi connectivity index (χ4n) is 3.59. The number of carbonyl (C=O) groups excluding carboxylic acids is 1. The van der Waals surface area contributed by atoms with Crippen molar-refractivity contribution in [3.8, 4) is 5.75 Å². The van der Waals surface area contributed by atoms with Gasteiger partial charge >= 0.3 is 6.09 Å². The number of ether oxygens (including phenoxy) is 2. The van der Waals surface area contributed by atoms with E-state index in [1.165, 1.54) is 12.1 Å². The number of nitrogens with zero attached hydrogens (tertiary/aromatic N) is 1. The molecule has 1 amide bonds. The first kappa shape index (κ1) is 24.0. The van der Waals surface area contributed by atoms with Crippen LogP contribution in [0.3, 0.4) is 0 Å². The Bertz CT molecular complexity index is 843. The number of rotatable bonds is 9. The minimum Gasteiger partial charge on any atom is -0.493 e. The van der Waals surface area contributed by atoms with Crippen molar-refractivity contribution in [3.63, 3.8) is 0 Å². The molecule has 1 heterocycles. The monoisotopic (exact) mass is 446 g/mol. The maximum absolute atomic E-state index is 14.6. The Morgan fingerprint density at radius 1 is 1.12 bits per heavy atom. The van der Waals surface area contributed by atoms with Crippen LogP contribution in [0.25, 0.3) is 0 Å². The maximum Gasteiger partial charge on any atom is 0.407 e. The van der Waals surface area contributed by atoms with E-state index in [-0.39, 0.29) is 19.0 Å². The van der Waals surface area contributed by atoms with Gasteiger partial charge in [-0.1, -0.05) is 38.1 Å². The molecule has 0 saturated carbocycles. The molecule has 5 nitrogen and oxygen atoms in total. The first-order valence-corrected chi connectivity index (χ1v) is 11.1. The van der Waals surface area contributed by atoms with Gasteiger partial charge in [-0.2, -0.15) is 0 Å². The Kier molecular flexibility index (Phi) is 8.85. The molecular formula is C25H32F2N2O3. The highest BCUT2D eigenvalue weighted by molar-refractivity contribution is 5.67. The zero-order valence-corrected chi connectivity index (χ0v) is 18.7. The number of carbonyl (C=O) groups is 1. The molecule has 0 bridgehead atoms. The second-order valence-corrected chi connectivity index (χ2v) is 8.65. The molecule has 1 N–H and O–H groups in total. The molecule has 0 aliphatic carbocycles. The van der Waals surface area contributed by atoms with Crippen LogP contribution in [0.2, 0.25) is 0 Å². The minimum atomic E-state index is -1.19. The number of alkyl halides is 1. The van der Waals surface area contributed by atoms with E-state index in [0.717, 1.165) is 16.9 Å². The van der Waals surface area contributed by atoms with Crippen LogP contribution >= 0.6 is 0 Å². The van der Waals surface area contributed by atoms with Gasteiger partial charge in [0.25, 0.3) is 0 Å². The number of hydrogen-bond acceptors (Lipinski definition) is 4. The third kappa shape index (κ3) is 7.79. The highest BCUT2D eigenvalue weighted by Crippen LogP contribution is 2.18. The number of alkyl carbamates (subject to hydrolysis) is 1. The second-order valence-electron chi connectivity index (χ2n) is 8.65. The molecule has 7 heteroatoms. The highest BCUT2D eigenvalue weighted by Gasteiger charge is 2.30. The molecule has 0 radical (unpaired) electrons. The Labute approximate surface area is 188 Å². The minimum absolute atomic E-state index is 0.216. The lowest BCUT2D eigenvalue weighted by molar-refractivity contribution is 0.0871. The van der Waals surface area contributed by atoms with Crippen molar-refractivity contribution in [1.82, 2.24) is 10.2 Å². The van der Waals surface area contributed by atoms with Crippen molar-refractivity contribution in [1.29, 1.82) is 0 Å². The molecule has 1 saturated heterocycles. The van der Waals surface area contributed by atoms with E-state index in [2.05, 4.69) is 19.2 Å². The lowest BCUT2D eigenvalue weighted by atomic mass is 10.0. The molecule has 174 valence electrons. The Balaban J connectivity index is 1.35. The molecule has 1 aliphatic rings. The second kappa shape index (κ2) is 11.8. The van der Waals surface area contributed by atoms with Crippen LogP contribution in [-0.2, 0) is 17.7 Å². The molecule has 2 aromatic carbocycles. The van der Waals surface area contributed by atoms with Crippen molar-refractivity contribution < 1.29 is 23.0 Å². The summed E-state index contributed by atoms with van der Waals surface area (Å²) in [5.41, 5.74) is 1.97. The number of hydrogen-bond donors (Lipinski definition) is 1. The average Bonchev–Trinajstić information content (AvgIpc) is 2.77. The van der Waals surface area contributed by atoms with E-state index in [9.17, 15) is 13.6 Å². The lowest BCUT2D eigenvalue weighted by Crippen LogP contribution is -2.52. The summed E-state index contributed by atoms with van der Waals surface area (Å²) in [5, 5.41) is 2.65. The summed E-state index contributed by atoms with van der Waals surface area (Å²) < 4.78 is 38.5. The average molecular weight is 447 g/mol. The van der Waals surface area contributed by atoms with E-state index in [1.54, 1.807) is 12.1 Å². The molecule has 0 spiro atoms. The van der Waals surface area contributed by atoms with Crippen LogP contribution in [0, 0.1) is 11.7 Å². The van der Waals surface area contributed by atoms with Gasteiger partial charge in [0.15, 0.2) is 0 Å². The summed E-state index contributed by atoms with van der Waals surface area (Å²) in [6, 6.07) is 13.4. The predicted octanol–water partition coefficient (Wildman–Crippen LogP) is 4.74. The van der Waals surface area contributed by atoms with E-state index >= 15 is 0 Å². The van der Waals surface area contributed by atoms with Crippen molar-refractivity contribution in [2.24, 2.45) is 5.92 Å². The van der Waals surface area contributed by atoms with Gasteiger partial charge in [-0.15, -0.1) is 0 Å². The van der Waals surface area contributed by atoms with Crippen molar-refractivity contribution in [3.05, 3.63) is 65.5 Å². The van der Waals surface area contributed by atoms with Gasteiger partial charge in [0, 0.05) is 26.1 Å². The van der Waals surface area contributed by atoms with Crippen LogP contribution in [0.4, 0.5) is 13.6 Å². The third-order valence-corrected chi connectivity index (χ3v) is 5.38. The summed E-state index contributed by atoms with van der Waals surface area (Å²) in [7, 11) is 0. The van der Waals surface area contributed by atoms with Gasteiger partial charge in [0.1, 0.15) is 17.7 Å². The highest BCUT2D eigenvalue weighted by atomic mass is 19.1. The molecule has 1 aliphatic heterocycles. The molecule has 0 unspecified atom stereocenters. The number of benzene rings is 2. The zero-order chi connectivity index (χ0) is 22.9. The van der Waals surface area contributed by atoms with Crippen molar-refractivity contribution in [2.45, 2.75) is 45.4 Å². The van der Waals surface area contributed by atoms with Gasteiger partial charge in [0.2, 0.25) is 0 Å². The van der Waals surface area contributed by atoms with E-state index in [1.807, 2.05) is 29.2 Å². The van der Waals surface area contributed by atoms with Crippen molar-refractivity contribution >= 4 is 6.09 Å². The molecule has 0 aromatic heterocycles. The Morgan fingerprint density at radius 3 is 2.47 bits per heavy atom. The maximum atomic E-state index is 14.6. The quantitative estimate of drug-likeness (QED) is 0.605. The Hall–Kier alpha value is -2.67. The number of halogens is 2. The molecule has 32 heavy (non-hydrogen) atoms. The standard InChI is InChI=1S/C25H32F2N2O3/c1-18(2)17-32-22-9-5-19(6-10-22)12-14-31-25(30)28-24-11-13-29(16-23(24)27)15-20-3-7-21(26)8-4-20/h3-10,18,23-24H,11-17H2,1-2H3,(H,28,30)/t23-,24+/m1/s1. The molecule has 1 fully saturated rings. The predicted molar refractivity (Wildman–Crippen MR) is 120 cm³/mol. The number of nitrogens with one attached hydrogen (secondary N) is 1. The summed E-state index contributed by atoms with van der Waals surface area (Å²) in [4.78, 5) is 14.1. The van der Waals surface area contributed by atoms with Crippen LogP contribution in [-0.4, -0.2) is 49.5 Å². The smallest absolute Gasteiger partial charge is 0.407 e. The topological polar surface area (TPSA) is 50.8 Å². The van der Waals surface area contributed by atoms with Crippen LogP contribution in [0.5, 0.6) is 5.75 Å². The fourth-order valence-corrected chi connectivity index (χ4v) is 3.59. The Morgan fingerprint density at radius 2 is 1.81 bits per heavy atom. The molecule has 2 aromatic rings. The van der Waals surface area contributed by atoms with Crippen LogP contribution < -0.4 is 10.1 Å². The fraction of sp³-hybridized carbons (Fsp3) is 0.480. The van der Waals surface area contributed by atoms with Crippen molar-refractivity contribution in [2.75, 3.05) is 26.3 Å². The SMILES string of the molecule is CC(C)COc1ccc(CCOC(=O)N[C@H]2CCN(Cc3ccc(F)cc3)C[C@H]2F)cc1. The van der Waals surface area contributed by atoms with E-state index < -0.39 is 18.3 Å². The largest absolute Gasteiger partial charge is 0.493 e. The van der Waals surface area contributed by atoms with Gasteiger partial charge in [-0.05, 0) is 47.7 Å². The van der Waals surface area contributed by atoms with Gasteiger partial charge in [-0.3, -0.25) is 4.90 Å². The summed E-state index contributed by atoms with van der Waals surface area (Å²) in [6.45, 7) is 6.50. The summed E-state index contributed by atoms with van der Waals surface area (Å²) >= 11 is 0.